The van der Waals surface area contributed by atoms with Crippen molar-refractivity contribution in [3.05, 3.63) is 60.8 Å². The first-order valence-corrected chi connectivity index (χ1v) is 10.2. The third-order valence-corrected chi connectivity index (χ3v) is 3.77. The van der Waals surface area contributed by atoms with Crippen LogP contribution >= 0.6 is 0 Å². The summed E-state index contributed by atoms with van der Waals surface area (Å²) in [5, 5.41) is 17.4. The summed E-state index contributed by atoms with van der Waals surface area (Å²) in [6.07, 6.45) is 26.1. The van der Waals surface area contributed by atoms with Gasteiger partial charge in [-0.3, -0.25) is 0 Å². The topological polar surface area (TPSA) is 93.1 Å². The minimum absolute atomic E-state index is 0.815. The first-order chi connectivity index (χ1) is 14.1. The molecule has 0 bridgehead atoms. The molecule has 0 heterocycles. The van der Waals surface area contributed by atoms with Gasteiger partial charge in [0, 0.05) is 6.08 Å². The van der Waals surface area contributed by atoms with Crippen LogP contribution in [0, 0.1) is 0 Å². The monoisotopic (exact) mass is 406 g/mol. The van der Waals surface area contributed by atoms with Crippen LogP contribution in [0.3, 0.4) is 0 Å². The van der Waals surface area contributed by atoms with Gasteiger partial charge in [-0.25, -0.2) is 19.4 Å². The van der Waals surface area contributed by atoms with Crippen LogP contribution in [0.4, 0.5) is 0 Å². The van der Waals surface area contributed by atoms with Crippen molar-refractivity contribution in [2.75, 3.05) is 6.61 Å². The van der Waals surface area contributed by atoms with Crippen LogP contribution < -0.4 is 0 Å². The second-order valence-corrected chi connectivity index (χ2v) is 6.36. The zero-order chi connectivity index (χ0) is 21.6. The van der Waals surface area contributed by atoms with E-state index in [4.69, 9.17) is 10.2 Å². The van der Waals surface area contributed by atoms with Crippen molar-refractivity contribution in [1.82, 2.24) is 0 Å². The van der Waals surface area contributed by atoms with Crippen molar-refractivity contribution in [2.24, 2.45) is 0 Å². The van der Waals surface area contributed by atoms with Gasteiger partial charge in [0.05, 0.1) is 6.61 Å². The molecule has 0 rings (SSSR count). The van der Waals surface area contributed by atoms with Crippen molar-refractivity contribution in [1.29, 1.82) is 0 Å². The van der Waals surface area contributed by atoms with E-state index in [1.807, 2.05) is 24.3 Å². The summed E-state index contributed by atoms with van der Waals surface area (Å²) in [7, 11) is 0. The second kappa shape index (κ2) is 20.3. The Morgan fingerprint density at radius 2 is 1.34 bits per heavy atom. The number of unbranched alkanes of at least 4 members (excludes halogenated alkanes) is 7. The lowest BCUT2D eigenvalue weighted by Gasteiger charge is -2.03. The highest BCUT2D eigenvalue weighted by atomic mass is 17.2. The van der Waals surface area contributed by atoms with Crippen LogP contribution in [0.15, 0.2) is 60.8 Å². The molecule has 0 aliphatic rings. The first-order valence-electron chi connectivity index (χ1n) is 10.2. The molecule has 0 aromatic carbocycles. The van der Waals surface area contributed by atoms with Crippen molar-refractivity contribution >= 4 is 11.9 Å². The SMILES string of the molecule is CCCCCCCCC/C=C/C=C/C=C/C=C/C=C/C(=O)OOC(=O)C(O)CO. The number of hydrogen-bond acceptors (Lipinski definition) is 6. The van der Waals surface area contributed by atoms with E-state index in [9.17, 15) is 9.59 Å². The predicted molar refractivity (Wildman–Crippen MR) is 114 cm³/mol. The Morgan fingerprint density at radius 1 is 0.793 bits per heavy atom. The molecule has 0 radical (unpaired) electrons. The number of hydrogen-bond donors (Lipinski definition) is 2. The molecule has 0 spiro atoms. The molecule has 0 aliphatic carbocycles. The van der Waals surface area contributed by atoms with E-state index in [2.05, 4.69) is 22.8 Å². The maximum atomic E-state index is 11.2. The number of allylic oxidation sites excluding steroid dienone is 9. The van der Waals surface area contributed by atoms with E-state index >= 15 is 0 Å². The zero-order valence-electron chi connectivity index (χ0n) is 17.2. The van der Waals surface area contributed by atoms with Gasteiger partial charge in [0.25, 0.3) is 0 Å². The van der Waals surface area contributed by atoms with Gasteiger partial charge in [-0.2, -0.15) is 0 Å². The van der Waals surface area contributed by atoms with Crippen LogP contribution in [0.25, 0.3) is 0 Å². The first kappa shape index (κ1) is 26.6. The highest BCUT2D eigenvalue weighted by Gasteiger charge is 2.17. The molecule has 0 aromatic rings. The average molecular weight is 407 g/mol. The van der Waals surface area contributed by atoms with Crippen LogP contribution in [0.5, 0.6) is 0 Å². The molecular weight excluding hydrogens is 372 g/mol. The second-order valence-electron chi connectivity index (χ2n) is 6.36. The van der Waals surface area contributed by atoms with Crippen LogP contribution in [-0.4, -0.2) is 34.9 Å². The minimum atomic E-state index is -1.74. The average Bonchev–Trinajstić information content (AvgIpc) is 2.73. The van der Waals surface area contributed by atoms with Crippen LogP contribution in [0.2, 0.25) is 0 Å². The third kappa shape index (κ3) is 18.7. The Morgan fingerprint density at radius 3 is 1.97 bits per heavy atom. The largest absolute Gasteiger partial charge is 0.393 e. The third-order valence-electron chi connectivity index (χ3n) is 3.77. The molecular formula is C23H34O6. The molecule has 1 atom stereocenters. The normalized spacial score (nSPS) is 13.3. The van der Waals surface area contributed by atoms with E-state index in [1.165, 1.54) is 51.0 Å². The summed E-state index contributed by atoms with van der Waals surface area (Å²) >= 11 is 0. The standard InChI is InChI=1S/C23H34O6/c1-2-3-4-5-6-7-8-9-10-11-12-13-14-15-16-17-18-19-22(26)28-29-23(27)21(25)20-24/h10-19,21,24-25H,2-9,20H2,1H3/b11-10+,13-12+,15-14+,17-16+,19-18+. The summed E-state index contributed by atoms with van der Waals surface area (Å²) in [6, 6.07) is 0. The van der Waals surface area contributed by atoms with E-state index in [-0.39, 0.29) is 0 Å². The van der Waals surface area contributed by atoms with Crippen molar-refractivity contribution in [2.45, 2.75) is 64.4 Å². The summed E-state index contributed by atoms with van der Waals surface area (Å²) in [6.45, 7) is 1.42. The van der Waals surface area contributed by atoms with E-state index in [0.717, 1.165) is 12.5 Å². The number of aliphatic hydroxyl groups excluding tert-OH is 2. The maximum Gasteiger partial charge on any atom is 0.386 e. The zero-order valence-corrected chi connectivity index (χ0v) is 17.2. The summed E-state index contributed by atoms with van der Waals surface area (Å²) < 4.78 is 0. The smallest absolute Gasteiger partial charge is 0.386 e. The minimum Gasteiger partial charge on any atom is -0.393 e. The molecule has 0 aromatic heterocycles. The highest BCUT2D eigenvalue weighted by Crippen LogP contribution is 2.08. The Bertz CT molecular complexity index is 572. The fraction of sp³-hybridized carbons (Fsp3) is 0.478. The lowest BCUT2D eigenvalue weighted by Crippen LogP contribution is -2.27. The molecule has 6 nitrogen and oxygen atoms in total. The molecule has 162 valence electrons. The lowest BCUT2D eigenvalue weighted by atomic mass is 10.1. The molecule has 1 unspecified atom stereocenters. The van der Waals surface area contributed by atoms with Crippen molar-refractivity contribution in [3.63, 3.8) is 0 Å². The van der Waals surface area contributed by atoms with Crippen LogP contribution in [0.1, 0.15) is 58.3 Å². The Labute approximate surface area is 173 Å². The van der Waals surface area contributed by atoms with Gasteiger partial charge in [0.15, 0.2) is 6.10 Å². The van der Waals surface area contributed by atoms with E-state index in [0.29, 0.717) is 0 Å². The van der Waals surface area contributed by atoms with Gasteiger partial charge in [0.2, 0.25) is 0 Å². The van der Waals surface area contributed by atoms with Gasteiger partial charge in [-0.1, -0.05) is 100 Å². The maximum absolute atomic E-state index is 11.2. The van der Waals surface area contributed by atoms with Gasteiger partial charge in [0.1, 0.15) is 0 Å². The Balaban J connectivity index is 3.76. The summed E-state index contributed by atoms with van der Waals surface area (Å²) in [4.78, 5) is 30.3. The Kier molecular flexibility index (Phi) is 18.6. The molecule has 0 saturated carbocycles. The summed E-state index contributed by atoms with van der Waals surface area (Å²) in [5.74, 6) is -2.15. The van der Waals surface area contributed by atoms with Gasteiger partial charge < -0.3 is 10.2 Å². The fourth-order valence-electron chi connectivity index (χ4n) is 2.15. The summed E-state index contributed by atoms with van der Waals surface area (Å²) in [5.41, 5.74) is 0. The predicted octanol–water partition coefficient (Wildman–Crippen LogP) is 4.26. The molecule has 29 heavy (non-hydrogen) atoms. The molecule has 2 N–H and O–H groups in total. The number of carbonyl (C=O) groups excluding carboxylic acids is 2. The number of aliphatic hydroxyl groups is 2. The van der Waals surface area contributed by atoms with Crippen LogP contribution in [-0.2, 0) is 19.4 Å². The van der Waals surface area contributed by atoms with Crippen molar-refractivity contribution in [3.8, 4) is 0 Å². The molecule has 0 amide bonds. The molecule has 0 fully saturated rings. The van der Waals surface area contributed by atoms with Gasteiger partial charge in [-0.15, -0.1) is 0 Å². The number of carbonyl (C=O) groups is 2. The van der Waals surface area contributed by atoms with Crippen molar-refractivity contribution < 1.29 is 29.6 Å². The Hall–Kier alpha value is -2.44. The van der Waals surface area contributed by atoms with Gasteiger partial charge in [-0.05, 0) is 12.8 Å². The lowest BCUT2D eigenvalue weighted by molar-refractivity contribution is -0.261. The number of rotatable bonds is 15. The van der Waals surface area contributed by atoms with E-state index < -0.39 is 24.6 Å². The quantitative estimate of drug-likeness (QED) is 0.139. The fourth-order valence-corrected chi connectivity index (χ4v) is 2.15. The molecule has 0 aliphatic heterocycles. The highest BCUT2D eigenvalue weighted by molar-refractivity contribution is 5.83. The molecule has 0 saturated heterocycles. The van der Waals surface area contributed by atoms with Gasteiger partial charge >= 0.3 is 11.9 Å². The molecule has 6 heteroatoms. The van der Waals surface area contributed by atoms with E-state index in [1.54, 1.807) is 18.2 Å².